The maximum Gasteiger partial charge on any atom is -0.00209 e. The van der Waals surface area contributed by atoms with Crippen LogP contribution in [0.15, 0.2) is 0 Å². The van der Waals surface area contributed by atoms with Gasteiger partial charge in [-0.05, 0) is 56.0 Å². The van der Waals surface area contributed by atoms with Crippen LogP contribution in [0.5, 0.6) is 0 Å². The zero-order valence-corrected chi connectivity index (χ0v) is 12.0. The summed E-state index contributed by atoms with van der Waals surface area (Å²) < 4.78 is 0. The van der Waals surface area contributed by atoms with Gasteiger partial charge in [-0.2, -0.15) is 0 Å². The third-order valence-electron chi connectivity index (χ3n) is 4.49. The summed E-state index contributed by atoms with van der Waals surface area (Å²) in [5.74, 6) is 2.84. The highest BCUT2D eigenvalue weighted by molar-refractivity contribution is 4.86. The maximum absolute atomic E-state index is 3.38. The normalized spacial score (nSPS) is 31.7. The van der Waals surface area contributed by atoms with Crippen molar-refractivity contribution in [2.75, 3.05) is 13.6 Å². The molecule has 1 rings (SSSR count). The van der Waals surface area contributed by atoms with Crippen LogP contribution in [0.1, 0.15) is 59.8 Å². The van der Waals surface area contributed by atoms with E-state index < -0.39 is 0 Å². The zero-order valence-electron chi connectivity index (χ0n) is 12.0. The van der Waals surface area contributed by atoms with E-state index in [0.717, 1.165) is 17.8 Å². The topological polar surface area (TPSA) is 12.0 Å². The van der Waals surface area contributed by atoms with Crippen LogP contribution < -0.4 is 5.32 Å². The van der Waals surface area contributed by atoms with Gasteiger partial charge < -0.3 is 5.32 Å². The molecule has 1 N–H and O–H groups in total. The minimum atomic E-state index is 0.511. The van der Waals surface area contributed by atoms with Gasteiger partial charge in [0.1, 0.15) is 0 Å². The van der Waals surface area contributed by atoms with Gasteiger partial charge in [-0.3, -0.25) is 0 Å². The van der Waals surface area contributed by atoms with Crippen LogP contribution in [-0.4, -0.2) is 13.6 Å². The van der Waals surface area contributed by atoms with Crippen molar-refractivity contribution in [1.82, 2.24) is 5.32 Å². The summed E-state index contributed by atoms with van der Waals surface area (Å²) in [6, 6.07) is 0. The first kappa shape index (κ1) is 14.0. The summed E-state index contributed by atoms with van der Waals surface area (Å²) in [4.78, 5) is 0. The number of hydrogen-bond donors (Lipinski definition) is 1. The van der Waals surface area contributed by atoms with Crippen LogP contribution >= 0.6 is 0 Å². The second kappa shape index (κ2) is 6.05. The Kier molecular flexibility index (Phi) is 5.30. The van der Waals surface area contributed by atoms with Crippen molar-refractivity contribution in [3.8, 4) is 0 Å². The Morgan fingerprint density at radius 2 is 1.81 bits per heavy atom. The van der Waals surface area contributed by atoms with E-state index in [2.05, 4.69) is 40.1 Å². The molecule has 0 aliphatic heterocycles. The van der Waals surface area contributed by atoms with Gasteiger partial charge in [0.2, 0.25) is 0 Å². The summed E-state index contributed by atoms with van der Waals surface area (Å²) in [5, 5.41) is 3.38. The molecule has 0 aromatic carbocycles. The summed E-state index contributed by atoms with van der Waals surface area (Å²) in [6.45, 7) is 10.8. The quantitative estimate of drug-likeness (QED) is 0.760. The van der Waals surface area contributed by atoms with E-state index in [1.54, 1.807) is 0 Å². The molecule has 1 fully saturated rings. The van der Waals surface area contributed by atoms with Gasteiger partial charge in [0.05, 0.1) is 0 Å². The fraction of sp³-hybridized carbons (Fsp3) is 1.00. The van der Waals surface area contributed by atoms with Crippen molar-refractivity contribution in [2.45, 2.75) is 59.8 Å². The molecule has 0 radical (unpaired) electrons. The Morgan fingerprint density at radius 3 is 2.31 bits per heavy atom. The molecular formula is C15H31N. The van der Waals surface area contributed by atoms with Crippen molar-refractivity contribution in [3.05, 3.63) is 0 Å². The Hall–Kier alpha value is -0.0400. The monoisotopic (exact) mass is 225 g/mol. The molecule has 0 amide bonds. The highest BCUT2D eigenvalue weighted by Gasteiger charge is 2.34. The van der Waals surface area contributed by atoms with Gasteiger partial charge >= 0.3 is 0 Å². The largest absolute Gasteiger partial charge is 0.319 e. The number of hydrogen-bond acceptors (Lipinski definition) is 1. The van der Waals surface area contributed by atoms with Crippen molar-refractivity contribution in [2.24, 2.45) is 23.2 Å². The second-order valence-corrected chi connectivity index (χ2v) is 6.74. The van der Waals surface area contributed by atoms with Crippen molar-refractivity contribution in [3.63, 3.8) is 0 Å². The standard InChI is InChI=1S/C15H31N/c1-6-7-12-10-14(15(2,3)4)9-8-13(12)11-16-5/h12-14,16H,6-11H2,1-5H3. The average molecular weight is 225 g/mol. The lowest BCUT2D eigenvalue weighted by Gasteiger charge is -2.42. The average Bonchev–Trinajstić information content (AvgIpc) is 2.19. The number of nitrogens with one attached hydrogen (secondary N) is 1. The van der Waals surface area contributed by atoms with E-state index in [-0.39, 0.29) is 0 Å². The van der Waals surface area contributed by atoms with E-state index in [0.29, 0.717) is 5.41 Å². The summed E-state index contributed by atoms with van der Waals surface area (Å²) in [5.41, 5.74) is 0.511. The molecule has 0 heterocycles. The molecule has 1 saturated carbocycles. The molecule has 0 aromatic rings. The van der Waals surface area contributed by atoms with E-state index >= 15 is 0 Å². The van der Waals surface area contributed by atoms with Crippen LogP contribution in [-0.2, 0) is 0 Å². The summed E-state index contributed by atoms with van der Waals surface area (Å²) >= 11 is 0. The summed E-state index contributed by atoms with van der Waals surface area (Å²) in [6.07, 6.45) is 7.12. The maximum atomic E-state index is 3.38. The molecule has 1 aliphatic carbocycles. The molecule has 3 atom stereocenters. The minimum absolute atomic E-state index is 0.511. The molecule has 0 aromatic heterocycles. The first-order valence-corrected chi connectivity index (χ1v) is 7.13. The van der Waals surface area contributed by atoms with E-state index in [9.17, 15) is 0 Å². The van der Waals surface area contributed by atoms with Crippen LogP contribution in [0.3, 0.4) is 0 Å². The van der Waals surface area contributed by atoms with Crippen molar-refractivity contribution in [1.29, 1.82) is 0 Å². The molecule has 0 saturated heterocycles. The van der Waals surface area contributed by atoms with Gasteiger partial charge in [0.15, 0.2) is 0 Å². The molecule has 1 heteroatoms. The molecule has 0 bridgehead atoms. The molecular weight excluding hydrogens is 194 g/mol. The lowest BCUT2D eigenvalue weighted by molar-refractivity contribution is 0.0930. The van der Waals surface area contributed by atoms with E-state index in [1.807, 2.05) is 0 Å². The SMILES string of the molecule is CCCC1CC(C(C)(C)C)CCC1CNC. The third kappa shape index (κ3) is 3.76. The Labute approximate surface area is 102 Å². The van der Waals surface area contributed by atoms with Gasteiger partial charge in [-0.1, -0.05) is 40.5 Å². The highest BCUT2D eigenvalue weighted by atomic mass is 14.8. The Morgan fingerprint density at radius 1 is 1.12 bits per heavy atom. The molecule has 1 aliphatic rings. The predicted octanol–water partition coefficient (Wildman–Crippen LogP) is 4.08. The molecule has 1 nitrogen and oxygen atoms in total. The van der Waals surface area contributed by atoms with E-state index in [4.69, 9.17) is 0 Å². The van der Waals surface area contributed by atoms with Gasteiger partial charge in [-0.15, -0.1) is 0 Å². The fourth-order valence-corrected chi connectivity index (χ4v) is 3.37. The van der Waals surface area contributed by atoms with Crippen LogP contribution in [0.4, 0.5) is 0 Å². The third-order valence-corrected chi connectivity index (χ3v) is 4.49. The first-order valence-electron chi connectivity index (χ1n) is 7.13. The zero-order chi connectivity index (χ0) is 12.2. The fourth-order valence-electron chi connectivity index (χ4n) is 3.37. The minimum Gasteiger partial charge on any atom is -0.319 e. The van der Waals surface area contributed by atoms with Crippen molar-refractivity contribution >= 4 is 0 Å². The second-order valence-electron chi connectivity index (χ2n) is 6.74. The molecule has 16 heavy (non-hydrogen) atoms. The lowest BCUT2D eigenvalue weighted by atomic mass is 9.64. The van der Waals surface area contributed by atoms with Gasteiger partial charge in [0.25, 0.3) is 0 Å². The van der Waals surface area contributed by atoms with Gasteiger partial charge in [0, 0.05) is 0 Å². The summed E-state index contributed by atoms with van der Waals surface area (Å²) in [7, 11) is 2.10. The molecule has 96 valence electrons. The van der Waals surface area contributed by atoms with Crippen molar-refractivity contribution < 1.29 is 0 Å². The van der Waals surface area contributed by atoms with E-state index in [1.165, 1.54) is 38.6 Å². The van der Waals surface area contributed by atoms with Gasteiger partial charge in [-0.25, -0.2) is 0 Å². The smallest absolute Gasteiger partial charge is 0.00209 e. The predicted molar refractivity (Wildman–Crippen MR) is 72.6 cm³/mol. The molecule has 0 spiro atoms. The number of rotatable bonds is 4. The Balaban J connectivity index is 2.57. The van der Waals surface area contributed by atoms with Crippen LogP contribution in [0.2, 0.25) is 0 Å². The lowest BCUT2D eigenvalue weighted by Crippen LogP contribution is -2.35. The Bertz CT molecular complexity index is 192. The van der Waals surface area contributed by atoms with Crippen LogP contribution in [0, 0.1) is 23.2 Å². The first-order chi connectivity index (χ1) is 7.49. The molecule has 3 unspecified atom stereocenters. The van der Waals surface area contributed by atoms with Crippen LogP contribution in [0.25, 0.3) is 0 Å². The highest BCUT2D eigenvalue weighted by Crippen LogP contribution is 2.43.